The zero-order valence-electron chi connectivity index (χ0n) is 25.8. The standard InChI is InChI=1S/C35H36Cl3N3O4S/c1-24(2)21-39-35(43)33(19-26-7-5-4-6-8-26)40(22-27-11-13-28(36)14-12-27)34(42)23-41(32-20-29(37)15-18-31(32)38)46(44,45)30-16-9-25(3)10-17-30/h4-18,20,24,33H,19,21-23H2,1-3H3,(H,39,43). The number of hydrogen-bond acceptors (Lipinski definition) is 4. The van der Waals surface area contributed by atoms with Gasteiger partial charge in [0.05, 0.1) is 15.6 Å². The average molecular weight is 701 g/mol. The molecule has 46 heavy (non-hydrogen) atoms. The third-order valence-electron chi connectivity index (χ3n) is 7.29. The van der Waals surface area contributed by atoms with Gasteiger partial charge in [0, 0.05) is 29.6 Å². The molecule has 0 spiro atoms. The van der Waals surface area contributed by atoms with Gasteiger partial charge in [0.25, 0.3) is 10.0 Å². The zero-order chi connectivity index (χ0) is 33.4. The van der Waals surface area contributed by atoms with Crippen LogP contribution in [0.1, 0.15) is 30.5 Å². The Morgan fingerprint density at radius 3 is 2.07 bits per heavy atom. The number of sulfonamides is 1. The predicted octanol–water partition coefficient (Wildman–Crippen LogP) is 7.56. The fourth-order valence-corrected chi connectivity index (χ4v) is 6.78. The van der Waals surface area contributed by atoms with Crippen molar-refractivity contribution in [2.24, 2.45) is 5.92 Å². The van der Waals surface area contributed by atoms with Crippen molar-refractivity contribution in [2.45, 2.75) is 44.7 Å². The van der Waals surface area contributed by atoms with Crippen LogP contribution in [0.2, 0.25) is 15.1 Å². The predicted molar refractivity (Wildman–Crippen MR) is 186 cm³/mol. The molecule has 0 radical (unpaired) electrons. The van der Waals surface area contributed by atoms with Crippen LogP contribution in [0.3, 0.4) is 0 Å². The number of carbonyl (C=O) groups excluding carboxylic acids is 2. The molecule has 0 fully saturated rings. The Balaban J connectivity index is 1.82. The van der Waals surface area contributed by atoms with Gasteiger partial charge in [0.2, 0.25) is 11.8 Å². The third kappa shape index (κ3) is 9.26. The molecular weight excluding hydrogens is 665 g/mol. The van der Waals surface area contributed by atoms with Crippen LogP contribution in [0.25, 0.3) is 0 Å². The molecule has 0 aromatic heterocycles. The molecule has 4 aromatic rings. The Kier molecular flexibility index (Phi) is 12.1. The summed E-state index contributed by atoms with van der Waals surface area (Å²) in [5.41, 5.74) is 2.45. The molecular formula is C35H36Cl3N3O4S. The van der Waals surface area contributed by atoms with E-state index in [9.17, 15) is 18.0 Å². The smallest absolute Gasteiger partial charge is 0.264 e. The first kappa shape index (κ1) is 35.3. The van der Waals surface area contributed by atoms with Crippen LogP contribution in [-0.2, 0) is 32.6 Å². The van der Waals surface area contributed by atoms with Crippen LogP contribution in [-0.4, -0.2) is 44.3 Å². The van der Waals surface area contributed by atoms with Gasteiger partial charge in [-0.3, -0.25) is 13.9 Å². The van der Waals surface area contributed by atoms with Crippen LogP contribution in [0.15, 0.2) is 102 Å². The van der Waals surface area contributed by atoms with Crippen LogP contribution in [0.5, 0.6) is 0 Å². The Hall–Kier alpha value is -3.56. The molecule has 4 aromatic carbocycles. The number of nitrogens with zero attached hydrogens (tertiary/aromatic N) is 2. The van der Waals surface area contributed by atoms with Crippen molar-refractivity contribution in [3.8, 4) is 0 Å². The maximum absolute atomic E-state index is 14.5. The number of carbonyl (C=O) groups is 2. The molecule has 2 amide bonds. The number of hydrogen-bond donors (Lipinski definition) is 1. The van der Waals surface area contributed by atoms with E-state index in [2.05, 4.69) is 5.32 Å². The first-order valence-corrected chi connectivity index (χ1v) is 17.3. The molecule has 0 aliphatic heterocycles. The second kappa shape index (κ2) is 15.8. The number of aryl methyl sites for hydroxylation is 1. The van der Waals surface area contributed by atoms with Crippen molar-refractivity contribution in [2.75, 3.05) is 17.4 Å². The highest BCUT2D eigenvalue weighted by molar-refractivity contribution is 7.92. The van der Waals surface area contributed by atoms with Gasteiger partial charge in [-0.1, -0.05) is 109 Å². The van der Waals surface area contributed by atoms with Crippen LogP contribution in [0.4, 0.5) is 5.69 Å². The lowest BCUT2D eigenvalue weighted by Gasteiger charge is -2.34. The second-order valence-electron chi connectivity index (χ2n) is 11.4. The quantitative estimate of drug-likeness (QED) is 0.156. The first-order valence-electron chi connectivity index (χ1n) is 14.7. The van der Waals surface area contributed by atoms with E-state index in [1.165, 1.54) is 35.2 Å². The van der Waals surface area contributed by atoms with Crippen molar-refractivity contribution >= 4 is 62.3 Å². The van der Waals surface area contributed by atoms with Gasteiger partial charge in [-0.2, -0.15) is 0 Å². The highest BCUT2D eigenvalue weighted by atomic mass is 35.5. The van der Waals surface area contributed by atoms with Crippen molar-refractivity contribution in [3.05, 3.63) is 129 Å². The molecule has 7 nitrogen and oxygen atoms in total. The summed E-state index contributed by atoms with van der Waals surface area (Å²) in [6.45, 7) is 5.57. The molecule has 0 aliphatic carbocycles. The van der Waals surface area contributed by atoms with Gasteiger partial charge in [0.15, 0.2) is 0 Å². The summed E-state index contributed by atoms with van der Waals surface area (Å²) in [4.78, 5) is 29.8. The van der Waals surface area contributed by atoms with Crippen molar-refractivity contribution in [3.63, 3.8) is 0 Å². The van der Waals surface area contributed by atoms with E-state index < -0.39 is 28.5 Å². The van der Waals surface area contributed by atoms with E-state index in [0.29, 0.717) is 17.1 Å². The minimum absolute atomic E-state index is 0.0182. The largest absolute Gasteiger partial charge is 0.354 e. The van der Waals surface area contributed by atoms with Gasteiger partial charge in [-0.15, -0.1) is 0 Å². The maximum Gasteiger partial charge on any atom is 0.264 e. The lowest BCUT2D eigenvalue weighted by atomic mass is 10.0. The van der Waals surface area contributed by atoms with E-state index >= 15 is 0 Å². The Morgan fingerprint density at radius 1 is 0.804 bits per heavy atom. The first-order chi connectivity index (χ1) is 21.8. The van der Waals surface area contributed by atoms with Gasteiger partial charge in [-0.05, 0) is 66.4 Å². The van der Waals surface area contributed by atoms with E-state index in [1.807, 2.05) is 51.1 Å². The number of rotatable bonds is 13. The van der Waals surface area contributed by atoms with Gasteiger partial charge in [-0.25, -0.2) is 8.42 Å². The molecule has 0 saturated heterocycles. The lowest BCUT2D eigenvalue weighted by molar-refractivity contribution is -0.140. The Morgan fingerprint density at radius 2 is 1.43 bits per heavy atom. The number of benzene rings is 4. The van der Waals surface area contributed by atoms with E-state index in [-0.39, 0.29) is 45.4 Å². The fraction of sp³-hybridized carbons (Fsp3) is 0.257. The summed E-state index contributed by atoms with van der Waals surface area (Å²) in [6, 6.07) is 26.0. The summed E-state index contributed by atoms with van der Waals surface area (Å²) >= 11 is 19.0. The molecule has 1 N–H and O–H groups in total. The maximum atomic E-state index is 14.5. The molecule has 0 bridgehead atoms. The number of anilines is 1. The average Bonchev–Trinajstić information content (AvgIpc) is 3.03. The lowest BCUT2D eigenvalue weighted by Crippen LogP contribution is -2.53. The summed E-state index contributed by atoms with van der Waals surface area (Å²) in [6.07, 6.45) is 0.201. The van der Waals surface area contributed by atoms with Crippen LogP contribution < -0.4 is 9.62 Å². The van der Waals surface area contributed by atoms with Crippen molar-refractivity contribution in [1.29, 1.82) is 0 Å². The minimum Gasteiger partial charge on any atom is -0.354 e. The topological polar surface area (TPSA) is 86.8 Å². The highest BCUT2D eigenvalue weighted by Crippen LogP contribution is 2.33. The SMILES string of the molecule is Cc1ccc(S(=O)(=O)N(CC(=O)N(Cc2ccc(Cl)cc2)C(Cc2ccccc2)C(=O)NCC(C)C)c2cc(Cl)ccc2Cl)cc1. The molecule has 1 unspecified atom stereocenters. The van der Waals surface area contributed by atoms with Gasteiger partial charge >= 0.3 is 0 Å². The Labute approximate surface area is 286 Å². The molecule has 0 aliphatic rings. The normalized spacial score (nSPS) is 12.1. The molecule has 0 heterocycles. The molecule has 0 saturated carbocycles. The third-order valence-corrected chi connectivity index (χ3v) is 9.87. The number of nitrogens with one attached hydrogen (secondary N) is 1. The van der Waals surface area contributed by atoms with Crippen LogP contribution >= 0.6 is 34.8 Å². The molecule has 4 rings (SSSR count). The van der Waals surface area contributed by atoms with Gasteiger partial charge in [0.1, 0.15) is 12.6 Å². The molecule has 11 heteroatoms. The second-order valence-corrected chi connectivity index (χ2v) is 14.6. The summed E-state index contributed by atoms with van der Waals surface area (Å²) in [7, 11) is -4.32. The van der Waals surface area contributed by atoms with E-state index in [0.717, 1.165) is 15.4 Å². The van der Waals surface area contributed by atoms with E-state index in [4.69, 9.17) is 34.8 Å². The summed E-state index contributed by atoms with van der Waals surface area (Å²) in [5, 5.41) is 3.82. The number of halogens is 3. The van der Waals surface area contributed by atoms with Crippen molar-refractivity contribution < 1.29 is 18.0 Å². The van der Waals surface area contributed by atoms with Gasteiger partial charge < -0.3 is 10.2 Å². The zero-order valence-corrected chi connectivity index (χ0v) is 28.9. The molecule has 1 atom stereocenters. The van der Waals surface area contributed by atoms with E-state index in [1.54, 1.807) is 36.4 Å². The Bertz CT molecular complexity index is 1750. The van der Waals surface area contributed by atoms with Crippen LogP contribution in [0, 0.1) is 12.8 Å². The highest BCUT2D eigenvalue weighted by Gasteiger charge is 2.35. The summed E-state index contributed by atoms with van der Waals surface area (Å²) < 4.78 is 29.3. The molecule has 242 valence electrons. The van der Waals surface area contributed by atoms with Crippen molar-refractivity contribution in [1.82, 2.24) is 10.2 Å². The number of amides is 2. The minimum atomic E-state index is -4.32. The monoisotopic (exact) mass is 699 g/mol. The fourth-order valence-electron chi connectivity index (χ4n) is 4.79. The summed E-state index contributed by atoms with van der Waals surface area (Å²) in [5.74, 6) is -0.794.